The smallest absolute Gasteiger partial charge is 0.239 e. The van der Waals surface area contributed by atoms with E-state index in [2.05, 4.69) is 43.6 Å². The molecule has 0 aliphatic carbocycles. The van der Waals surface area contributed by atoms with Crippen LogP contribution in [0.15, 0.2) is 0 Å². The van der Waals surface area contributed by atoms with Crippen LogP contribution in [0.4, 0.5) is 0 Å². The van der Waals surface area contributed by atoms with E-state index in [4.69, 9.17) is 0 Å². The minimum absolute atomic E-state index is 0.00208. The molecular formula is C18H33N3O4. The molecule has 0 radical (unpaired) electrons. The van der Waals surface area contributed by atoms with Gasteiger partial charge >= 0.3 is 0 Å². The van der Waals surface area contributed by atoms with Crippen LogP contribution in [0.2, 0.25) is 0 Å². The maximum absolute atomic E-state index is 12.4. The average Bonchev–Trinajstić information content (AvgIpc) is 2.47. The van der Waals surface area contributed by atoms with Gasteiger partial charge in [0, 0.05) is 5.41 Å². The minimum atomic E-state index is -0.604. The summed E-state index contributed by atoms with van der Waals surface area (Å²) >= 11 is 0. The maximum Gasteiger partial charge on any atom is 0.239 e. The number of ketones is 1. The second kappa shape index (κ2) is 9.53. The molecule has 0 rings (SSSR count). The summed E-state index contributed by atoms with van der Waals surface area (Å²) in [6.45, 7) is 13.1. The monoisotopic (exact) mass is 355 g/mol. The fourth-order valence-corrected chi connectivity index (χ4v) is 2.35. The van der Waals surface area contributed by atoms with E-state index in [-0.39, 0.29) is 36.7 Å². The van der Waals surface area contributed by atoms with E-state index < -0.39 is 17.2 Å². The molecule has 0 aromatic rings. The molecule has 0 bridgehead atoms. The number of nitrogens with one attached hydrogen (secondary N) is 3. The van der Waals surface area contributed by atoms with Gasteiger partial charge in [-0.3, -0.25) is 19.2 Å². The Morgan fingerprint density at radius 3 is 1.68 bits per heavy atom. The molecule has 0 unspecified atom stereocenters. The van der Waals surface area contributed by atoms with E-state index in [0.29, 0.717) is 12.3 Å². The summed E-state index contributed by atoms with van der Waals surface area (Å²) in [6, 6.07) is 0. The topological polar surface area (TPSA) is 104 Å². The van der Waals surface area contributed by atoms with Crippen molar-refractivity contribution in [1.82, 2.24) is 16.0 Å². The Balaban J connectivity index is 4.33. The van der Waals surface area contributed by atoms with Gasteiger partial charge < -0.3 is 16.0 Å². The van der Waals surface area contributed by atoms with Crippen LogP contribution in [0.3, 0.4) is 0 Å². The number of rotatable bonds is 10. The first-order chi connectivity index (χ1) is 11.3. The zero-order valence-corrected chi connectivity index (χ0v) is 16.5. The number of carbonyl (C=O) groups is 4. The van der Waals surface area contributed by atoms with Gasteiger partial charge in [-0.15, -0.1) is 0 Å². The van der Waals surface area contributed by atoms with Crippen LogP contribution in [0.1, 0.15) is 54.9 Å². The van der Waals surface area contributed by atoms with Crippen LogP contribution in [0.5, 0.6) is 0 Å². The number of amides is 3. The Morgan fingerprint density at radius 2 is 1.24 bits per heavy atom. The molecule has 0 atom stereocenters. The van der Waals surface area contributed by atoms with Gasteiger partial charge in [0.1, 0.15) is 5.78 Å². The van der Waals surface area contributed by atoms with Crippen LogP contribution in [-0.4, -0.2) is 43.1 Å². The van der Waals surface area contributed by atoms with Crippen molar-refractivity contribution in [2.24, 2.45) is 16.7 Å². The molecule has 0 saturated heterocycles. The number of hydrogen-bond donors (Lipinski definition) is 3. The van der Waals surface area contributed by atoms with Crippen molar-refractivity contribution in [3.8, 4) is 0 Å². The van der Waals surface area contributed by atoms with Gasteiger partial charge in [-0.05, 0) is 24.7 Å². The third kappa shape index (κ3) is 9.22. The van der Waals surface area contributed by atoms with Crippen LogP contribution in [0, 0.1) is 16.7 Å². The van der Waals surface area contributed by atoms with E-state index in [1.807, 2.05) is 13.8 Å². The van der Waals surface area contributed by atoms with Gasteiger partial charge in [0.2, 0.25) is 17.7 Å². The summed E-state index contributed by atoms with van der Waals surface area (Å²) in [5.74, 6) is -0.841. The molecule has 0 spiro atoms. The molecular weight excluding hydrogens is 322 g/mol. The molecule has 3 amide bonds. The van der Waals surface area contributed by atoms with Crippen LogP contribution in [0.25, 0.3) is 0 Å². The Labute approximate surface area is 150 Å². The SMILES string of the molecule is CC(=O)CNC(=O)CNC(=O)CNC(=O)C(C)(C)CC(C)(C)C(C)C. The van der Waals surface area contributed by atoms with Gasteiger partial charge in [-0.2, -0.15) is 0 Å². The molecule has 0 aromatic heterocycles. The highest BCUT2D eigenvalue weighted by Crippen LogP contribution is 2.39. The molecule has 0 aliphatic heterocycles. The van der Waals surface area contributed by atoms with Crippen molar-refractivity contribution in [2.75, 3.05) is 19.6 Å². The molecule has 7 nitrogen and oxygen atoms in total. The summed E-state index contributed by atoms with van der Waals surface area (Å²) in [4.78, 5) is 46.3. The Morgan fingerprint density at radius 1 is 0.800 bits per heavy atom. The highest BCUT2D eigenvalue weighted by atomic mass is 16.2. The van der Waals surface area contributed by atoms with Crippen molar-refractivity contribution in [1.29, 1.82) is 0 Å². The first-order valence-electron chi connectivity index (χ1n) is 8.59. The first kappa shape index (κ1) is 23.1. The summed E-state index contributed by atoms with van der Waals surface area (Å²) in [7, 11) is 0. The van der Waals surface area contributed by atoms with Gasteiger partial charge in [0.05, 0.1) is 19.6 Å². The van der Waals surface area contributed by atoms with Gasteiger partial charge in [0.15, 0.2) is 0 Å². The lowest BCUT2D eigenvalue weighted by atomic mass is 9.69. The van der Waals surface area contributed by atoms with Crippen molar-refractivity contribution >= 4 is 23.5 Å². The predicted molar refractivity (Wildman–Crippen MR) is 96.7 cm³/mol. The third-order valence-electron chi connectivity index (χ3n) is 4.47. The number of Topliss-reactive ketones (excluding diaryl/α,β-unsaturated/α-hetero) is 1. The van der Waals surface area contributed by atoms with E-state index in [9.17, 15) is 19.2 Å². The molecule has 0 heterocycles. The lowest BCUT2D eigenvalue weighted by Crippen LogP contribution is -2.46. The standard InChI is InChI=1S/C18H33N3O4/c1-12(2)17(4,5)11-18(6,7)16(25)21-10-15(24)20-9-14(23)19-8-13(3)22/h12H,8-11H2,1-7H3,(H,19,23)(H,20,24)(H,21,25). The zero-order valence-electron chi connectivity index (χ0n) is 16.5. The fourth-order valence-electron chi connectivity index (χ4n) is 2.35. The van der Waals surface area contributed by atoms with Gasteiger partial charge in [-0.1, -0.05) is 41.5 Å². The first-order valence-corrected chi connectivity index (χ1v) is 8.59. The Kier molecular flexibility index (Phi) is 8.80. The average molecular weight is 355 g/mol. The maximum atomic E-state index is 12.4. The fraction of sp³-hybridized carbons (Fsp3) is 0.778. The Bertz CT molecular complexity index is 510. The van der Waals surface area contributed by atoms with E-state index in [1.165, 1.54) is 6.92 Å². The molecule has 7 heteroatoms. The van der Waals surface area contributed by atoms with E-state index >= 15 is 0 Å². The van der Waals surface area contributed by atoms with Crippen molar-refractivity contribution in [3.63, 3.8) is 0 Å². The molecule has 3 N–H and O–H groups in total. The number of carbonyl (C=O) groups excluding carboxylic acids is 4. The van der Waals surface area contributed by atoms with E-state index in [1.54, 1.807) is 0 Å². The normalized spacial score (nSPS) is 11.8. The van der Waals surface area contributed by atoms with Crippen LogP contribution in [-0.2, 0) is 19.2 Å². The molecule has 25 heavy (non-hydrogen) atoms. The lowest BCUT2D eigenvalue weighted by Gasteiger charge is -2.36. The quantitative estimate of drug-likeness (QED) is 0.544. The van der Waals surface area contributed by atoms with Crippen molar-refractivity contribution in [3.05, 3.63) is 0 Å². The summed E-state index contributed by atoms with van der Waals surface area (Å²) in [6.07, 6.45) is 0.693. The summed E-state index contributed by atoms with van der Waals surface area (Å²) < 4.78 is 0. The minimum Gasteiger partial charge on any atom is -0.348 e. The van der Waals surface area contributed by atoms with E-state index in [0.717, 1.165) is 0 Å². The van der Waals surface area contributed by atoms with Gasteiger partial charge in [0.25, 0.3) is 0 Å². The molecule has 0 aromatic carbocycles. The molecule has 0 aliphatic rings. The van der Waals surface area contributed by atoms with Crippen LogP contribution < -0.4 is 16.0 Å². The second-order valence-corrected chi connectivity index (χ2v) is 8.14. The highest BCUT2D eigenvalue weighted by Gasteiger charge is 2.36. The summed E-state index contributed by atoms with van der Waals surface area (Å²) in [5, 5.41) is 7.40. The predicted octanol–water partition coefficient (Wildman–Crippen LogP) is 1.02. The van der Waals surface area contributed by atoms with Crippen molar-refractivity contribution < 1.29 is 19.2 Å². The number of hydrogen-bond acceptors (Lipinski definition) is 4. The van der Waals surface area contributed by atoms with Crippen molar-refractivity contribution in [2.45, 2.75) is 54.9 Å². The van der Waals surface area contributed by atoms with Crippen LogP contribution >= 0.6 is 0 Å². The molecule has 0 fully saturated rings. The van der Waals surface area contributed by atoms with Gasteiger partial charge in [-0.25, -0.2) is 0 Å². The molecule has 0 saturated carbocycles. The zero-order chi connectivity index (χ0) is 19.8. The second-order valence-electron chi connectivity index (χ2n) is 8.14. The molecule has 144 valence electrons. The lowest BCUT2D eigenvalue weighted by molar-refractivity contribution is -0.133. The largest absolute Gasteiger partial charge is 0.348 e. The third-order valence-corrected chi connectivity index (χ3v) is 4.47. The summed E-state index contributed by atoms with van der Waals surface area (Å²) in [5.41, 5.74) is -0.606. The Hall–Kier alpha value is -1.92. The highest BCUT2D eigenvalue weighted by molar-refractivity contribution is 5.90.